The Kier molecular flexibility index (Phi) is 6.80. The van der Waals surface area contributed by atoms with Crippen LogP contribution < -0.4 is 21.5 Å². The van der Waals surface area contributed by atoms with Gasteiger partial charge in [-0.2, -0.15) is 4.98 Å². The molecule has 0 saturated heterocycles. The predicted molar refractivity (Wildman–Crippen MR) is 134 cm³/mol. The number of nitrogens with two attached hydrogens (primary N) is 1. The van der Waals surface area contributed by atoms with Crippen molar-refractivity contribution in [3.63, 3.8) is 0 Å². The summed E-state index contributed by atoms with van der Waals surface area (Å²) >= 11 is 0. The molecule has 2 aromatic heterocycles. The van der Waals surface area contributed by atoms with Crippen LogP contribution in [-0.4, -0.2) is 28.0 Å². The minimum atomic E-state index is -0.129. The Morgan fingerprint density at radius 2 is 1.85 bits per heavy atom. The fraction of sp³-hybridized carbons (Fsp3) is 0.192. The largest absolute Gasteiger partial charge is 0.351 e. The minimum Gasteiger partial charge on any atom is -0.351 e. The number of H-pyrrole nitrogens is 1. The number of hydrogen-bond donors (Lipinski definition) is 3. The smallest absolute Gasteiger partial charge is 0.255 e. The van der Waals surface area contributed by atoms with Gasteiger partial charge in [-0.05, 0) is 42.2 Å². The lowest BCUT2D eigenvalue weighted by atomic mass is 10.0. The maximum Gasteiger partial charge on any atom is 0.255 e. The topological polar surface area (TPSA) is 99.9 Å². The lowest BCUT2D eigenvalue weighted by Crippen LogP contribution is -2.21. The quantitative estimate of drug-likeness (QED) is 0.381. The first-order valence-corrected chi connectivity index (χ1v) is 10.9. The molecule has 2 aromatic carbocycles. The molecule has 1 atom stereocenters. The van der Waals surface area contributed by atoms with Crippen molar-refractivity contribution in [3.8, 4) is 11.1 Å². The molecule has 0 saturated carbocycles. The van der Waals surface area contributed by atoms with Gasteiger partial charge in [0.15, 0.2) is 0 Å². The number of benzene rings is 2. The fourth-order valence-electron chi connectivity index (χ4n) is 3.74. The molecule has 4 rings (SSSR count). The van der Waals surface area contributed by atoms with Crippen molar-refractivity contribution in [1.29, 1.82) is 0 Å². The van der Waals surface area contributed by atoms with Crippen molar-refractivity contribution in [1.82, 2.24) is 15.0 Å². The Balaban J connectivity index is 1.51. The average Bonchev–Trinajstić information content (AvgIpc) is 2.84. The van der Waals surface area contributed by atoms with Gasteiger partial charge in [0.25, 0.3) is 5.56 Å². The van der Waals surface area contributed by atoms with Crippen LogP contribution >= 0.6 is 0 Å². The number of anilines is 3. The minimum absolute atomic E-state index is 0.129. The molecule has 4 aromatic rings. The van der Waals surface area contributed by atoms with E-state index in [-0.39, 0.29) is 11.6 Å². The Morgan fingerprint density at radius 3 is 2.64 bits per heavy atom. The van der Waals surface area contributed by atoms with Crippen LogP contribution in [0.2, 0.25) is 0 Å². The molecule has 33 heavy (non-hydrogen) atoms. The Bertz CT molecular complexity index is 1270. The summed E-state index contributed by atoms with van der Waals surface area (Å²) in [5.41, 5.74) is 10.3. The van der Waals surface area contributed by atoms with E-state index >= 15 is 0 Å². The molecule has 7 nitrogen and oxygen atoms in total. The zero-order valence-corrected chi connectivity index (χ0v) is 18.8. The summed E-state index contributed by atoms with van der Waals surface area (Å²) in [6.45, 7) is 2.63. The summed E-state index contributed by atoms with van der Waals surface area (Å²) < 4.78 is 0. The Labute approximate surface area is 193 Å². The molecule has 1 unspecified atom stereocenters. The second kappa shape index (κ2) is 10.1. The molecule has 2 heterocycles. The van der Waals surface area contributed by atoms with Crippen LogP contribution in [0.3, 0.4) is 0 Å². The van der Waals surface area contributed by atoms with E-state index in [1.165, 1.54) is 5.56 Å². The van der Waals surface area contributed by atoms with Gasteiger partial charge in [0.2, 0.25) is 5.95 Å². The van der Waals surface area contributed by atoms with Crippen molar-refractivity contribution in [2.75, 3.05) is 17.3 Å². The molecule has 0 amide bonds. The first kappa shape index (κ1) is 22.2. The maximum atomic E-state index is 12.4. The number of pyridine rings is 1. The van der Waals surface area contributed by atoms with Crippen LogP contribution in [-0.2, 0) is 13.0 Å². The fourth-order valence-corrected chi connectivity index (χ4v) is 3.74. The van der Waals surface area contributed by atoms with E-state index in [0.29, 0.717) is 18.1 Å². The molecule has 0 aliphatic rings. The van der Waals surface area contributed by atoms with Crippen molar-refractivity contribution in [2.24, 2.45) is 5.73 Å². The highest BCUT2D eigenvalue weighted by molar-refractivity contribution is 5.69. The molecule has 0 fully saturated rings. The number of nitrogens with one attached hydrogen (secondary N) is 2. The van der Waals surface area contributed by atoms with E-state index in [2.05, 4.69) is 39.3 Å². The summed E-state index contributed by atoms with van der Waals surface area (Å²) in [7, 11) is 1.91. The number of nitrogens with zero attached hydrogens (tertiary/aromatic N) is 3. The van der Waals surface area contributed by atoms with E-state index in [1.807, 2.05) is 66.5 Å². The molecule has 0 spiro atoms. The number of rotatable bonds is 8. The SMILES string of the molecule is CC(Cc1cccc(CN)c1)Nc1nccc(N(C)c2c[nH]c(=O)c(-c3ccccc3)c2)n1. The molecule has 4 N–H and O–H groups in total. The summed E-state index contributed by atoms with van der Waals surface area (Å²) in [6.07, 6.45) is 4.25. The molecule has 0 aliphatic heterocycles. The van der Waals surface area contributed by atoms with Crippen LogP contribution in [0.1, 0.15) is 18.1 Å². The molecule has 7 heteroatoms. The highest BCUT2D eigenvalue weighted by atomic mass is 16.1. The first-order valence-electron chi connectivity index (χ1n) is 10.9. The zero-order chi connectivity index (χ0) is 23.2. The van der Waals surface area contributed by atoms with E-state index in [0.717, 1.165) is 29.1 Å². The molecule has 0 radical (unpaired) electrons. The van der Waals surface area contributed by atoms with Crippen molar-refractivity contribution >= 4 is 17.5 Å². The third-order valence-corrected chi connectivity index (χ3v) is 5.49. The number of aromatic nitrogens is 3. The van der Waals surface area contributed by atoms with Gasteiger partial charge in [0.05, 0.1) is 5.69 Å². The highest BCUT2D eigenvalue weighted by Gasteiger charge is 2.12. The van der Waals surface area contributed by atoms with Gasteiger partial charge in [0, 0.05) is 37.6 Å². The van der Waals surface area contributed by atoms with E-state index in [9.17, 15) is 4.79 Å². The van der Waals surface area contributed by atoms with Gasteiger partial charge in [0.1, 0.15) is 5.82 Å². The van der Waals surface area contributed by atoms with Crippen molar-refractivity contribution in [2.45, 2.75) is 25.9 Å². The second-order valence-electron chi connectivity index (χ2n) is 8.04. The lowest BCUT2D eigenvalue weighted by Gasteiger charge is -2.20. The van der Waals surface area contributed by atoms with Crippen LogP contribution in [0.25, 0.3) is 11.1 Å². The van der Waals surface area contributed by atoms with Crippen LogP contribution in [0.15, 0.2) is 83.9 Å². The standard InChI is InChI=1S/C26H28N6O/c1-18(13-19-7-6-8-20(14-19)16-27)30-26-28-12-11-24(31-26)32(2)22-15-23(25(33)29-17-22)21-9-4-3-5-10-21/h3-12,14-15,17-18H,13,16,27H2,1-2H3,(H,29,33)(H,28,30,31). The maximum absolute atomic E-state index is 12.4. The van der Waals surface area contributed by atoms with Gasteiger partial charge >= 0.3 is 0 Å². The van der Waals surface area contributed by atoms with Gasteiger partial charge in [-0.3, -0.25) is 4.79 Å². The predicted octanol–water partition coefficient (Wildman–Crippen LogP) is 4.10. The third kappa shape index (κ3) is 5.45. The summed E-state index contributed by atoms with van der Waals surface area (Å²) in [6, 6.07) is 21.8. The van der Waals surface area contributed by atoms with Gasteiger partial charge in [-0.1, -0.05) is 54.6 Å². The van der Waals surface area contributed by atoms with Crippen LogP contribution in [0.5, 0.6) is 0 Å². The van der Waals surface area contributed by atoms with Gasteiger partial charge in [-0.15, -0.1) is 0 Å². The molecular weight excluding hydrogens is 412 g/mol. The van der Waals surface area contributed by atoms with E-state index < -0.39 is 0 Å². The normalized spacial score (nSPS) is 11.7. The van der Waals surface area contributed by atoms with Gasteiger partial charge < -0.3 is 20.9 Å². The van der Waals surface area contributed by atoms with E-state index in [4.69, 9.17) is 5.73 Å². The van der Waals surface area contributed by atoms with Crippen molar-refractivity contribution < 1.29 is 0 Å². The Hall–Kier alpha value is -3.97. The number of hydrogen-bond acceptors (Lipinski definition) is 6. The van der Waals surface area contributed by atoms with Crippen LogP contribution in [0.4, 0.5) is 17.5 Å². The van der Waals surface area contributed by atoms with Crippen molar-refractivity contribution in [3.05, 3.63) is 101 Å². The lowest BCUT2D eigenvalue weighted by molar-refractivity contribution is 0.775. The third-order valence-electron chi connectivity index (χ3n) is 5.49. The molecule has 168 valence electrons. The summed E-state index contributed by atoms with van der Waals surface area (Å²) in [5.74, 6) is 1.27. The zero-order valence-electron chi connectivity index (χ0n) is 18.8. The van der Waals surface area contributed by atoms with Gasteiger partial charge in [-0.25, -0.2) is 4.98 Å². The highest BCUT2D eigenvalue weighted by Crippen LogP contribution is 2.25. The Morgan fingerprint density at radius 1 is 1.06 bits per heavy atom. The summed E-state index contributed by atoms with van der Waals surface area (Å²) in [5, 5.41) is 3.38. The average molecular weight is 441 g/mol. The monoisotopic (exact) mass is 440 g/mol. The second-order valence-corrected chi connectivity index (χ2v) is 8.04. The molecular formula is C26H28N6O. The van der Waals surface area contributed by atoms with E-state index in [1.54, 1.807) is 12.4 Å². The molecule has 0 aliphatic carbocycles. The number of aromatic amines is 1. The molecule has 0 bridgehead atoms. The summed E-state index contributed by atoms with van der Waals surface area (Å²) in [4.78, 5) is 26.2. The van der Waals surface area contributed by atoms with Crippen LogP contribution in [0, 0.1) is 0 Å². The first-order chi connectivity index (χ1) is 16.0.